The van der Waals surface area contributed by atoms with Crippen molar-refractivity contribution in [3.8, 4) is 5.75 Å². The molecular formula is C24H27NO5. The molecule has 0 aliphatic carbocycles. The average molecular weight is 409 g/mol. The van der Waals surface area contributed by atoms with Crippen molar-refractivity contribution in [2.45, 2.75) is 32.7 Å². The second kappa shape index (κ2) is 11.0. The van der Waals surface area contributed by atoms with Gasteiger partial charge in [-0.25, -0.2) is 4.79 Å². The molecule has 0 fully saturated rings. The Labute approximate surface area is 176 Å². The summed E-state index contributed by atoms with van der Waals surface area (Å²) in [5.41, 5.74) is 2.42. The van der Waals surface area contributed by atoms with Crippen LogP contribution in [0, 0.1) is 0 Å². The minimum Gasteiger partial charge on any atom is -0.497 e. The van der Waals surface area contributed by atoms with E-state index in [1.165, 1.54) is 13.0 Å². The Morgan fingerprint density at radius 3 is 2.17 bits per heavy atom. The molecule has 0 aliphatic heterocycles. The number of ether oxygens (including phenoxy) is 2. The van der Waals surface area contributed by atoms with Gasteiger partial charge in [0.2, 0.25) is 5.91 Å². The highest BCUT2D eigenvalue weighted by molar-refractivity contribution is 5.98. The molecule has 0 aliphatic rings. The summed E-state index contributed by atoms with van der Waals surface area (Å²) in [6.45, 7) is 5.27. The Hall–Kier alpha value is -3.41. The number of hydrogen-bond donors (Lipinski definition) is 1. The number of rotatable bonds is 9. The minimum atomic E-state index is -0.880. The summed E-state index contributed by atoms with van der Waals surface area (Å²) in [5, 5.41) is 2.52. The monoisotopic (exact) mass is 409 g/mol. The minimum absolute atomic E-state index is 0.295. The highest BCUT2D eigenvalue weighted by Gasteiger charge is 2.18. The molecule has 2 aromatic rings. The zero-order chi connectivity index (χ0) is 22.1. The third-order valence-corrected chi connectivity index (χ3v) is 4.50. The van der Waals surface area contributed by atoms with Crippen LogP contribution in [0.5, 0.6) is 5.75 Å². The molecule has 0 unspecified atom stereocenters. The first-order chi connectivity index (χ1) is 14.3. The van der Waals surface area contributed by atoms with E-state index in [1.807, 2.05) is 12.1 Å². The van der Waals surface area contributed by atoms with Crippen LogP contribution in [0.15, 0.2) is 54.6 Å². The van der Waals surface area contributed by atoms with E-state index >= 15 is 0 Å². The van der Waals surface area contributed by atoms with Crippen LogP contribution in [0.2, 0.25) is 0 Å². The normalized spacial score (nSPS) is 11.9. The molecule has 30 heavy (non-hydrogen) atoms. The van der Waals surface area contributed by atoms with Gasteiger partial charge in [0.15, 0.2) is 12.4 Å². The van der Waals surface area contributed by atoms with E-state index in [-0.39, 0.29) is 12.4 Å². The van der Waals surface area contributed by atoms with Gasteiger partial charge in [-0.1, -0.05) is 50.2 Å². The molecule has 0 spiro atoms. The van der Waals surface area contributed by atoms with Gasteiger partial charge in [-0.3, -0.25) is 9.59 Å². The van der Waals surface area contributed by atoms with Gasteiger partial charge in [0, 0.05) is 11.6 Å². The highest BCUT2D eigenvalue weighted by atomic mass is 16.5. The Morgan fingerprint density at radius 2 is 1.60 bits per heavy atom. The predicted octanol–water partition coefficient (Wildman–Crippen LogP) is 3.76. The summed E-state index contributed by atoms with van der Waals surface area (Å²) in [5.74, 6) is -0.315. The van der Waals surface area contributed by atoms with Gasteiger partial charge in [-0.05, 0) is 42.2 Å². The zero-order valence-corrected chi connectivity index (χ0v) is 17.7. The van der Waals surface area contributed by atoms with Crippen molar-refractivity contribution in [1.82, 2.24) is 5.32 Å². The maximum absolute atomic E-state index is 12.2. The number of esters is 1. The van der Waals surface area contributed by atoms with E-state index in [1.54, 1.807) is 49.6 Å². The summed E-state index contributed by atoms with van der Waals surface area (Å²) >= 11 is 0. The lowest BCUT2D eigenvalue weighted by Crippen LogP contribution is -2.39. The van der Waals surface area contributed by atoms with Gasteiger partial charge in [0.25, 0.3) is 0 Å². The van der Waals surface area contributed by atoms with Crippen molar-refractivity contribution in [1.29, 1.82) is 0 Å². The molecule has 0 aromatic heterocycles. The van der Waals surface area contributed by atoms with Gasteiger partial charge in [-0.15, -0.1) is 0 Å². The largest absolute Gasteiger partial charge is 0.497 e. The molecule has 1 atom stereocenters. The first-order valence-corrected chi connectivity index (χ1v) is 9.72. The average Bonchev–Trinajstić information content (AvgIpc) is 2.76. The first-order valence-electron chi connectivity index (χ1n) is 9.72. The molecule has 0 heterocycles. The second-order valence-corrected chi connectivity index (χ2v) is 7.14. The van der Waals surface area contributed by atoms with E-state index in [9.17, 15) is 14.4 Å². The Morgan fingerprint density at radius 1 is 0.967 bits per heavy atom. The molecule has 158 valence electrons. The van der Waals surface area contributed by atoms with Crippen LogP contribution in [-0.2, 0) is 14.3 Å². The first kappa shape index (κ1) is 22.9. The van der Waals surface area contributed by atoms with Crippen molar-refractivity contribution in [3.05, 3.63) is 71.3 Å². The molecule has 6 nitrogen and oxygen atoms in total. The molecule has 6 heteroatoms. The van der Waals surface area contributed by atoms with E-state index in [0.29, 0.717) is 11.5 Å². The SMILES string of the molecule is COc1ccc(/C=C/C(=O)N[C@@H](C)C(=O)OCC(=O)c2ccc(C(C)C)cc2)cc1. The topological polar surface area (TPSA) is 81.7 Å². The van der Waals surface area contributed by atoms with Gasteiger partial charge in [-0.2, -0.15) is 0 Å². The molecule has 1 N–H and O–H groups in total. The molecule has 0 saturated heterocycles. The predicted molar refractivity (Wildman–Crippen MR) is 115 cm³/mol. The van der Waals surface area contributed by atoms with Gasteiger partial charge in [0.05, 0.1) is 7.11 Å². The Bertz CT molecular complexity index is 898. The van der Waals surface area contributed by atoms with Crippen LogP contribution < -0.4 is 10.1 Å². The number of methoxy groups -OCH3 is 1. The third kappa shape index (κ3) is 6.88. The summed E-state index contributed by atoms with van der Waals surface area (Å²) in [6.07, 6.45) is 2.95. The smallest absolute Gasteiger partial charge is 0.328 e. The van der Waals surface area contributed by atoms with Crippen LogP contribution >= 0.6 is 0 Å². The number of Topliss-reactive ketones (excluding diaryl/α,β-unsaturated/α-hetero) is 1. The van der Waals surface area contributed by atoms with Crippen molar-refractivity contribution >= 4 is 23.7 Å². The second-order valence-electron chi connectivity index (χ2n) is 7.14. The van der Waals surface area contributed by atoms with E-state index in [2.05, 4.69) is 19.2 Å². The van der Waals surface area contributed by atoms with Crippen molar-refractivity contribution in [3.63, 3.8) is 0 Å². The quantitative estimate of drug-likeness (QED) is 0.387. The lowest BCUT2D eigenvalue weighted by molar-refractivity contribution is -0.145. The van der Waals surface area contributed by atoms with Crippen molar-refractivity contribution < 1.29 is 23.9 Å². The number of carbonyl (C=O) groups is 3. The highest BCUT2D eigenvalue weighted by Crippen LogP contribution is 2.15. The van der Waals surface area contributed by atoms with Gasteiger partial charge < -0.3 is 14.8 Å². The van der Waals surface area contributed by atoms with Crippen molar-refractivity contribution in [2.24, 2.45) is 0 Å². The molecule has 0 saturated carbocycles. The van der Waals surface area contributed by atoms with Crippen molar-refractivity contribution in [2.75, 3.05) is 13.7 Å². The maximum atomic E-state index is 12.2. The fraction of sp³-hybridized carbons (Fsp3) is 0.292. The van der Waals surface area contributed by atoms with Crippen LogP contribution in [-0.4, -0.2) is 37.4 Å². The number of hydrogen-bond acceptors (Lipinski definition) is 5. The fourth-order valence-electron chi connectivity index (χ4n) is 2.61. The Balaban J connectivity index is 1.80. The molecule has 2 rings (SSSR count). The van der Waals surface area contributed by atoms with Crippen LogP contribution in [0.3, 0.4) is 0 Å². The lowest BCUT2D eigenvalue weighted by Gasteiger charge is -2.12. The summed E-state index contributed by atoms with van der Waals surface area (Å²) in [7, 11) is 1.58. The molecule has 2 aromatic carbocycles. The standard InChI is InChI=1S/C24H27NO5/c1-16(2)19-8-10-20(11-9-19)22(26)15-30-24(28)17(3)25-23(27)14-7-18-5-12-21(29-4)13-6-18/h5-14,16-17H,15H2,1-4H3,(H,25,27)/b14-7+/t17-/m0/s1. The number of nitrogens with one attached hydrogen (secondary N) is 1. The summed E-state index contributed by atoms with van der Waals surface area (Å²) in [4.78, 5) is 36.3. The lowest BCUT2D eigenvalue weighted by atomic mass is 10.0. The zero-order valence-electron chi connectivity index (χ0n) is 17.7. The van der Waals surface area contributed by atoms with E-state index in [0.717, 1.165) is 16.9 Å². The van der Waals surface area contributed by atoms with Gasteiger partial charge >= 0.3 is 5.97 Å². The molecule has 1 amide bonds. The van der Waals surface area contributed by atoms with Gasteiger partial charge in [0.1, 0.15) is 11.8 Å². The molecule has 0 bridgehead atoms. The van der Waals surface area contributed by atoms with Crippen LogP contribution in [0.25, 0.3) is 6.08 Å². The number of benzene rings is 2. The number of ketones is 1. The summed E-state index contributed by atoms with van der Waals surface area (Å²) < 4.78 is 10.1. The number of amides is 1. The third-order valence-electron chi connectivity index (χ3n) is 4.50. The summed E-state index contributed by atoms with van der Waals surface area (Å²) in [6, 6.07) is 13.5. The van der Waals surface area contributed by atoms with E-state index in [4.69, 9.17) is 9.47 Å². The maximum Gasteiger partial charge on any atom is 0.328 e. The number of carbonyl (C=O) groups excluding carboxylic acids is 3. The molecular weight excluding hydrogens is 382 g/mol. The molecule has 0 radical (unpaired) electrons. The van der Waals surface area contributed by atoms with Crippen LogP contribution in [0.1, 0.15) is 48.2 Å². The van der Waals surface area contributed by atoms with Crippen LogP contribution in [0.4, 0.5) is 0 Å². The fourth-order valence-corrected chi connectivity index (χ4v) is 2.61. The Kier molecular flexibility index (Phi) is 8.35. The van der Waals surface area contributed by atoms with E-state index < -0.39 is 17.9 Å².